The van der Waals surface area contributed by atoms with Crippen LogP contribution in [0.5, 0.6) is 11.6 Å². The second kappa shape index (κ2) is 6.21. The van der Waals surface area contributed by atoms with E-state index in [1.165, 1.54) is 6.33 Å². The number of hydrogen-bond donors (Lipinski definition) is 1. The maximum Gasteiger partial charge on any atom is 0.238 e. The van der Waals surface area contributed by atoms with Gasteiger partial charge in [-0.2, -0.15) is 0 Å². The van der Waals surface area contributed by atoms with Gasteiger partial charge in [0.05, 0.1) is 5.02 Å². The SMILES string of the molecule is CCNc1ncnc(Oc2ccc(C)cc2Cl)c1Br. The number of nitrogens with zero attached hydrogens (tertiary/aromatic N) is 2. The standard InChI is InChI=1S/C13H13BrClN3O/c1-3-16-12-11(14)13(18-7-17-12)19-10-5-4-8(2)6-9(10)15/h4-7H,3H2,1-2H3,(H,16,17,18). The topological polar surface area (TPSA) is 47.0 Å². The van der Waals surface area contributed by atoms with Gasteiger partial charge in [0.25, 0.3) is 0 Å². The number of halogens is 2. The van der Waals surface area contributed by atoms with Crippen LogP contribution in [0.4, 0.5) is 5.82 Å². The molecular weight excluding hydrogens is 330 g/mol. The maximum atomic E-state index is 6.13. The van der Waals surface area contributed by atoms with Gasteiger partial charge in [0, 0.05) is 6.54 Å². The first kappa shape index (κ1) is 14.1. The molecule has 1 heterocycles. The van der Waals surface area contributed by atoms with Crippen molar-refractivity contribution in [2.45, 2.75) is 13.8 Å². The second-order valence-corrected chi connectivity index (χ2v) is 5.11. The minimum atomic E-state index is 0.428. The van der Waals surface area contributed by atoms with Crippen molar-refractivity contribution in [1.29, 1.82) is 0 Å². The van der Waals surface area contributed by atoms with E-state index in [2.05, 4.69) is 31.2 Å². The fourth-order valence-corrected chi connectivity index (χ4v) is 2.21. The molecule has 1 N–H and O–H groups in total. The lowest BCUT2D eigenvalue weighted by atomic mass is 10.2. The lowest BCUT2D eigenvalue weighted by Crippen LogP contribution is -2.02. The number of nitrogens with one attached hydrogen (secondary N) is 1. The summed E-state index contributed by atoms with van der Waals surface area (Å²) in [6, 6.07) is 5.60. The van der Waals surface area contributed by atoms with Crippen molar-refractivity contribution in [2.24, 2.45) is 0 Å². The molecule has 2 rings (SSSR count). The highest BCUT2D eigenvalue weighted by atomic mass is 79.9. The Balaban J connectivity index is 2.30. The summed E-state index contributed by atoms with van der Waals surface area (Å²) >= 11 is 9.56. The molecule has 19 heavy (non-hydrogen) atoms. The highest BCUT2D eigenvalue weighted by Crippen LogP contribution is 2.35. The molecule has 0 unspecified atom stereocenters. The second-order valence-electron chi connectivity index (χ2n) is 3.91. The highest BCUT2D eigenvalue weighted by molar-refractivity contribution is 9.10. The van der Waals surface area contributed by atoms with E-state index in [9.17, 15) is 0 Å². The molecule has 0 amide bonds. The van der Waals surface area contributed by atoms with E-state index < -0.39 is 0 Å². The van der Waals surface area contributed by atoms with Crippen molar-refractivity contribution in [3.8, 4) is 11.6 Å². The predicted molar refractivity (Wildman–Crippen MR) is 80.2 cm³/mol. The van der Waals surface area contributed by atoms with Crippen LogP contribution in [0.25, 0.3) is 0 Å². The molecule has 0 atom stereocenters. The van der Waals surface area contributed by atoms with Crippen molar-refractivity contribution < 1.29 is 4.74 Å². The molecule has 0 radical (unpaired) electrons. The van der Waals surface area contributed by atoms with Crippen LogP contribution in [0, 0.1) is 6.92 Å². The molecule has 0 saturated carbocycles. The zero-order chi connectivity index (χ0) is 13.8. The minimum absolute atomic E-state index is 0.428. The van der Waals surface area contributed by atoms with Gasteiger partial charge in [-0.15, -0.1) is 0 Å². The average Bonchev–Trinajstić information content (AvgIpc) is 2.37. The molecule has 0 spiro atoms. The molecular formula is C13H13BrClN3O. The number of aryl methyl sites for hydroxylation is 1. The molecule has 0 aliphatic rings. The molecule has 1 aromatic carbocycles. The van der Waals surface area contributed by atoms with Crippen molar-refractivity contribution in [1.82, 2.24) is 9.97 Å². The fraction of sp³-hybridized carbons (Fsp3) is 0.231. The first-order chi connectivity index (χ1) is 9.11. The largest absolute Gasteiger partial charge is 0.436 e. The molecule has 0 aliphatic carbocycles. The van der Waals surface area contributed by atoms with Crippen molar-refractivity contribution in [3.63, 3.8) is 0 Å². The van der Waals surface area contributed by atoms with E-state index >= 15 is 0 Å². The zero-order valence-corrected chi connectivity index (χ0v) is 12.9. The van der Waals surface area contributed by atoms with Crippen LogP contribution in [0.15, 0.2) is 29.0 Å². The number of aromatic nitrogens is 2. The number of ether oxygens (including phenoxy) is 1. The Bertz CT molecular complexity index is 592. The van der Waals surface area contributed by atoms with Crippen molar-refractivity contribution in [2.75, 3.05) is 11.9 Å². The normalized spacial score (nSPS) is 10.3. The summed E-state index contributed by atoms with van der Waals surface area (Å²) in [4.78, 5) is 8.23. The number of hydrogen-bond acceptors (Lipinski definition) is 4. The Kier molecular flexibility index (Phi) is 4.61. The molecule has 1 aromatic heterocycles. The van der Waals surface area contributed by atoms with E-state index in [1.54, 1.807) is 0 Å². The molecule has 2 aromatic rings. The van der Waals surface area contributed by atoms with E-state index in [1.807, 2.05) is 32.0 Å². The summed E-state index contributed by atoms with van der Waals surface area (Å²) in [5.74, 6) is 1.68. The molecule has 0 bridgehead atoms. The van der Waals surface area contributed by atoms with Gasteiger partial charge in [0.2, 0.25) is 5.88 Å². The van der Waals surface area contributed by atoms with E-state index in [-0.39, 0.29) is 0 Å². The van der Waals surface area contributed by atoms with Gasteiger partial charge in [0.15, 0.2) is 0 Å². The van der Waals surface area contributed by atoms with Gasteiger partial charge in [-0.3, -0.25) is 0 Å². The molecule has 0 fully saturated rings. The van der Waals surface area contributed by atoms with E-state index in [4.69, 9.17) is 16.3 Å². The first-order valence-corrected chi connectivity index (χ1v) is 6.97. The summed E-state index contributed by atoms with van der Waals surface area (Å²) in [6.07, 6.45) is 1.44. The van der Waals surface area contributed by atoms with Crippen LogP contribution < -0.4 is 10.1 Å². The minimum Gasteiger partial charge on any atom is -0.436 e. The Labute approximate surface area is 125 Å². The highest BCUT2D eigenvalue weighted by Gasteiger charge is 2.12. The molecule has 4 nitrogen and oxygen atoms in total. The number of anilines is 1. The molecule has 0 aliphatic heterocycles. The lowest BCUT2D eigenvalue weighted by Gasteiger charge is -2.11. The maximum absolute atomic E-state index is 6.13. The van der Waals surface area contributed by atoms with Crippen LogP contribution in [0.3, 0.4) is 0 Å². The summed E-state index contributed by atoms with van der Waals surface area (Å²) in [6.45, 7) is 4.73. The van der Waals surface area contributed by atoms with Crippen LogP contribution in [-0.2, 0) is 0 Å². The molecule has 100 valence electrons. The summed E-state index contributed by atoms with van der Waals surface area (Å²) in [5, 5.41) is 3.67. The van der Waals surface area contributed by atoms with Gasteiger partial charge in [-0.1, -0.05) is 17.7 Å². The third kappa shape index (κ3) is 3.36. The Hall–Kier alpha value is -1.33. The van der Waals surface area contributed by atoms with Crippen LogP contribution in [0.1, 0.15) is 12.5 Å². The first-order valence-electron chi connectivity index (χ1n) is 5.80. The van der Waals surface area contributed by atoms with Crippen LogP contribution in [0.2, 0.25) is 5.02 Å². The Morgan fingerprint density at radius 3 is 2.84 bits per heavy atom. The fourth-order valence-electron chi connectivity index (χ4n) is 1.51. The third-order valence-electron chi connectivity index (χ3n) is 2.40. The molecule has 6 heteroatoms. The van der Waals surface area contributed by atoms with Gasteiger partial charge in [-0.05, 0) is 47.5 Å². The summed E-state index contributed by atoms with van der Waals surface area (Å²) in [7, 11) is 0. The van der Waals surface area contributed by atoms with E-state index in [0.29, 0.717) is 26.9 Å². The van der Waals surface area contributed by atoms with Gasteiger partial charge in [-0.25, -0.2) is 9.97 Å². The monoisotopic (exact) mass is 341 g/mol. The predicted octanol–water partition coefficient (Wildman–Crippen LogP) is 4.43. The van der Waals surface area contributed by atoms with Crippen LogP contribution >= 0.6 is 27.5 Å². The number of benzene rings is 1. The van der Waals surface area contributed by atoms with Crippen molar-refractivity contribution >= 4 is 33.3 Å². The lowest BCUT2D eigenvalue weighted by molar-refractivity contribution is 0.458. The Morgan fingerprint density at radius 1 is 1.37 bits per heavy atom. The van der Waals surface area contributed by atoms with Crippen molar-refractivity contribution in [3.05, 3.63) is 39.6 Å². The zero-order valence-electron chi connectivity index (χ0n) is 10.6. The summed E-state index contributed by atoms with van der Waals surface area (Å²) < 4.78 is 6.39. The Morgan fingerprint density at radius 2 is 2.16 bits per heavy atom. The van der Waals surface area contributed by atoms with Crippen LogP contribution in [-0.4, -0.2) is 16.5 Å². The summed E-state index contributed by atoms with van der Waals surface area (Å²) in [5.41, 5.74) is 1.08. The van der Waals surface area contributed by atoms with Gasteiger partial charge >= 0.3 is 0 Å². The smallest absolute Gasteiger partial charge is 0.238 e. The molecule has 0 saturated heterocycles. The average molecular weight is 343 g/mol. The van der Waals surface area contributed by atoms with Gasteiger partial charge < -0.3 is 10.1 Å². The van der Waals surface area contributed by atoms with E-state index in [0.717, 1.165) is 12.1 Å². The van der Waals surface area contributed by atoms with Gasteiger partial charge in [0.1, 0.15) is 22.4 Å². The third-order valence-corrected chi connectivity index (χ3v) is 3.41. The number of rotatable bonds is 4. The quantitative estimate of drug-likeness (QED) is 0.893.